The molecule has 1 saturated carbocycles. The maximum Gasteiger partial charge on any atom is 0.240 e. The van der Waals surface area contributed by atoms with Gasteiger partial charge in [0, 0.05) is 12.6 Å². The number of nitrogens with one attached hydrogen (secondary N) is 2. The molecule has 1 aliphatic rings. The molecule has 0 heterocycles. The predicted molar refractivity (Wildman–Crippen MR) is 82.8 cm³/mol. The fourth-order valence-electron chi connectivity index (χ4n) is 2.43. The summed E-state index contributed by atoms with van der Waals surface area (Å²) >= 11 is 0. The van der Waals surface area contributed by atoms with E-state index in [1.165, 1.54) is 0 Å². The van der Waals surface area contributed by atoms with Gasteiger partial charge in [-0.2, -0.15) is 0 Å². The third-order valence-electron chi connectivity index (χ3n) is 3.72. The van der Waals surface area contributed by atoms with Gasteiger partial charge in [-0.05, 0) is 57.5 Å². The van der Waals surface area contributed by atoms with Gasteiger partial charge in [-0.15, -0.1) is 0 Å². The molecule has 0 amide bonds. The van der Waals surface area contributed by atoms with E-state index >= 15 is 0 Å². The van der Waals surface area contributed by atoms with E-state index in [1.54, 1.807) is 12.1 Å². The molecule has 0 spiro atoms. The molecule has 2 N–H and O–H groups in total. The van der Waals surface area contributed by atoms with Crippen molar-refractivity contribution < 1.29 is 13.2 Å². The fraction of sp³-hybridized carbons (Fsp3) is 0.600. The van der Waals surface area contributed by atoms with Gasteiger partial charge in [-0.3, -0.25) is 0 Å². The van der Waals surface area contributed by atoms with Gasteiger partial charge in [0.2, 0.25) is 10.0 Å². The average Bonchev–Trinajstić information content (AvgIpc) is 2.43. The van der Waals surface area contributed by atoms with Gasteiger partial charge in [0.05, 0.1) is 11.0 Å². The van der Waals surface area contributed by atoms with E-state index < -0.39 is 10.0 Å². The highest BCUT2D eigenvalue weighted by Gasteiger charge is 2.33. The van der Waals surface area contributed by atoms with E-state index in [0.29, 0.717) is 11.5 Å². The molecular formula is C15H24N2O3S. The lowest BCUT2D eigenvalue weighted by molar-refractivity contribution is -0.00475. The average molecular weight is 312 g/mol. The van der Waals surface area contributed by atoms with Gasteiger partial charge in [-0.25, -0.2) is 13.1 Å². The Morgan fingerprint density at radius 1 is 1.24 bits per heavy atom. The molecule has 1 aliphatic carbocycles. The Morgan fingerprint density at radius 3 is 2.48 bits per heavy atom. The predicted octanol–water partition coefficient (Wildman–Crippen LogP) is 1.29. The lowest BCUT2D eigenvalue weighted by atomic mass is 9.90. The number of likely N-dealkylation sites (N-methyl/N-ethyl adjacent to an activating group) is 1. The number of benzene rings is 1. The highest BCUT2D eigenvalue weighted by atomic mass is 32.2. The fourth-order valence-corrected chi connectivity index (χ4v) is 3.69. The van der Waals surface area contributed by atoms with Crippen LogP contribution >= 0.6 is 0 Å². The normalized spacial score (nSPS) is 22.0. The summed E-state index contributed by atoms with van der Waals surface area (Å²) in [4.78, 5) is 0.329. The SMILES string of the molecule is CCOC1CC(NS(=O)(=O)c2ccc(CCNC)cc2)C1. The first-order valence-corrected chi connectivity index (χ1v) is 8.91. The molecule has 0 bridgehead atoms. The van der Waals surface area contributed by atoms with Crippen molar-refractivity contribution in [1.82, 2.24) is 10.0 Å². The summed E-state index contributed by atoms with van der Waals surface area (Å²) in [5, 5.41) is 3.07. The van der Waals surface area contributed by atoms with Crippen molar-refractivity contribution in [2.45, 2.75) is 43.2 Å². The first-order chi connectivity index (χ1) is 10.0. The maximum absolute atomic E-state index is 12.3. The standard InChI is InChI=1S/C15H24N2O3S/c1-3-20-14-10-13(11-14)17-21(18,19)15-6-4-12(5-7-15)8-9-16-2/h4-7,13-14,16-17H,3,8-11H2,1-2H3. The third-order valence-corrected chi connectivity index (χ3v) is 5.25. The summed E-state index contributed by atoms with van der Waals surface area (Å²) in [6.45, 7) is 3.51. The summed E-state index contributed by atoms with van der Waals surface area (Å²) in [5.74, 6) is 0. The van der Waals surface area contributed by atoms with Crippen LogP contribution in [0.3, 0.4) is 0 Å². The Morgan fingerprint density at radius 2 is 1.90 bits per heavy atom. The molecule has 2 rings (SSSR count). The summed E-state index contributed by atoms with van der Waals surface area (Å²) in [7, 11) is -1.52. The number of ether oxygens (including phenoxy) is 1. The smallest absolute Gasteiger partial charge is 0.240 e. The van der Waals surface area contributed by atoms with Crippen molar-refractivity contribution in [3.8, 4) is 0 Å². The number of hydrogen-bond acceptors (Lipinski definition) is 4. The largest absolute Gasteiger partial charge is 0.378 e. The van der Waals surface area contributed by atoms with Gasteiger partial charge < -0.3 is 10.1 Å². The first kappa shape index (κ1) is 16.4. The second-order valence-corrected chi connectivity index (χ2v) is 7.08. The molecular weight excluding hydrogens is 288 g/mol. The highest BCUT2D eigenvalue weighted by molar-refractivity contribution is 7.89. The molecule has 21 heavy (non-hydrogen) atoms. The molecule has 0 atom stereocenters. The zero-order valence-electron chi connectivity index (χ0n) is 12.6. The Hall–Kier alpha value is -0.950. The van der Waals surface area contributed by atoms with Crippen molar-refractivity contribution in [1.29, 1.82) is 0 Å². The lowest BCUT2D eigenvalue weighted by Gasteiger charge is -2.35. The van der Waals surface area contributed by atoms with E-state index in [1.807, 2.05) is 26.1 Å². The molecule has 0 aromatic heterocycles. The van der Waals surface area contributed by atoms with Crippen molar-refractivity contribution >= 4 is 10.0 Å². The molecule has 6 heteroatoms. The molecule has 0 radical (unpaired) electrons. The molecule has 0 saturated heterocycles. The monoisotopic (exact) mass is 312 g/mol. The van der Waals surface area contributed by atoms with E-state index in [4.69, 9.17) is 4.74 Å². The van der Waals surface area contributed by atoms with Crippen molar-refractivity contribution in [3.05, 3.63) is 29.8 Å². The number of hydrogen-bond donors (Lipinski definition) is 2. The van der Waals surface area contributed by atoms with E-state index in [0.717, 1.165) is 31.4 Å². The van der Waals surface area contributed by atoms with Crippen LogP contribution in [0, 0.1) is 0 Å². The maximum atomic E-state index is 12.3. The van der Waals surface area contributed by atoms with Crippen LogP contribution in [-0.4, -0.2) is 40.8 Å². The zero-order chi connectivity index (χ0) is 15.3. The van der Waals surface area contributed by atoms with Crippen LogP contribution in [0.5, 0.6) is 0 Å². The minimum absolute atomic E-state index is 0.00415. The van der Waals surface area contributed by atoms with Gasteiger partial charge >= 0.3 is 0 Å². The van der Waals surface area contributed by atoms with Crippen molar-refractivity contribution in [2.75, 3.05) is 20.2 Å². The molecule has 118 valence electrons. The summed E-state index contributed by atoms with van der Waals surface area (Å²) in [6, 6.07) is 7.08. The van der Waals surface area contributed by atoms with Crippen LogP contribution in [0.1, 0.15) is 25.3 Å². The lowest BCUT2D eigenvalue weighted by Crippen LogP contribution is -2.47. The molecule has 0 unspecified atom stereocenters. The Balaban J connectivity index is 1.90. The molecule has 0 aliphatic heterocycles. The minimum Gasteiger partial charge on any atom is -0.378 e. The Kier molecular flexibility index (Phi) is 5.75. The van der Waals surface area contributed by atoms with E-state index in [-0.39, 0.29) is 12.1 Å². The van der Waals surface area contributed by atoms with Crippen LogP contribution in [-0.2, 0) is 21.2 Å². The minimum atomic E-state index is -3.42. The molecule has 1 aromatic carbocycles. The molecule has 1 aromatic rings. The van der Waals surface area contributed by atoms with Gasteiger partial charge in [-0.1, -0.05) is 12.1 Å². The Bertz CT molecular complexity index is 537. The van der Waals surface area contributed by atoms with Crippen LogP contribution in [0.4, 0.5) is 0 Å². The van der Waals surface area contributed by atoms with Gasteiger partial charge in [0.15, 0.2) is 0 Å². The molecule has 1 fully saturated rings. The second-order valence-electron chi connectivity index (χ2n) is 5.36. The van der Waals surface area contributed by atoms with E-state index in [9.17, 15) is 8.42 Å². The quantitative estimate of drug-likeness (QED) is 0.759. The number of sulfonamides is 1. The van der Waals surface area contributed by atoms with Crippen molar-refractivity contribution in [3.63, 3.8) is 0 Å². The van der Waals surface area contributed by atoms with E-state index in [2.05, 4.69) is 10.0 Å². The van der Waals surface area contributed by atoms with Crippen LogP contribution in [0.15, 0.2) is 29.2 Å². The van der Waals surface area contributed by atoms with Crippen LogP contribution < -0.4 is 10.0 Å². The van der Waals surface area contributed by atoms with Gasteiger partial charge in [0.25, 0.3) is 0 Å². The summed E-state index contributed by atoms with van der Waals surface area (Å²) < 4.78 is 32.7. The van der Waals surface area contributed by atoms with Crippen molar-refractivity contribution in [2.24, 2.45) is 0 Å². The highest BCUT2D eigenvalue weighted by Crippen LogP contribution is 2.25. The first-order valence-electron chi connectivity index (χ1n) is 7.42. The third kappa shape index (κ3) is 4.51. The summed E-state index contributed by atoms with van der Waals surface area (Å²) in [5.41, 5.74) is 1.13. The summed E-state index contributed by atoms with van der Waals surface area (Å²) in [6.07, 6.45) is 2.61. The van der Waals surface area contributed by atoms with Gasteiger partial charge in [0.1, 0.15) is 0 Å². The number of rotatable bonds is 8. The topological polar surface area (TPSA) is 67.4 Å². The Labute approximate surface area is 127 Å². The van der Waals surface area contributed by atoms with Crippen LogP contribution in [0.25, 0.3) is 0 Å². The second kappa shape index (κ2) is 7.35. The molecule has 5 nitrogen and oxygen atoms in total. The zero-order valence-corrected chi connectivity index (χ0v) is 13.4. The van der Waals surface area contributed by atoms with Crippen LogP contribution in [0.2, 0.25) is 0 Å².